The highest BCUT2D eigenvalue weighted by Crippen LogP contribution is 2.31. The minimum atomic E-state index is -0.193. The number of thiophene rings is 1. The van der Waals surface area contributed by atoms with Crippen molar-refractivity contribution in [2.45, 2.75) is 19.9 Å². The van der Waals surface area contributed by atoms with Crippen molar-refractivity contribution in [3.05, 3.63) is 82.7 Å². The Balaban J connectivity index is 1.60. The summed E-state index contributed by atoms with van der Waals surface area (Å²) in [5.41, 5.74) is 4.44. The number of aromatic nitrogens is 1. The standard InChI is InChI=1S/C27H29N3O2S/c1-18-11-12-20(32-14-13-30(3)4)16-22(18)27(31)28-19(2)23-17-25(26-10-7-15-33-26)29-24-9-6-5-8-21(23)24/h5-12,15-17,19H,13-14H2,1-4H3,(H,28,31)/t19-/m0/s1. The number of nitrogens with zero attached hydrogens (tertiary/aromatic N) is 2. The molecule has 0 fully saturated rings. The number of aryl methyl sites for hydroxylation is 1. The summed E-state index contributed by atoms with van der Waals surface area (Å²) in [6, 6.07) is 19.7. The van der Waals surface area contributed by atoms with Gasteiger partial charge < -0.3 is 15.0 Å². The SMILES string of the molecule is Cc1ccc(OCCN(C)C)cc1C(=O)N[C@@H](C)c1cc(-c2cccs2)nc2ccccc12. The van der Waals surface area contributed by atoms with Gasteiger partial charge in [0.2, 0.25) is 0 Å². The van der Waals surface area contributed by atoms with Gasteiger partial charge in [0.05, 0.1) is 22.1 Å². The number of para-hydroxylation sites is 1. The maximum atomic E-state index is 13.2. The lowest BCUT2D eigenvalue weighted by Crippen LogP contribution is -2.27. The van der Waals surface area contributed by atoms with E-state index in [1.807, 2.05) is 75.8 Å². The van der Waals surface area contributed by atoms with Crippen LogP contribution in [0.15, 0.2) is 66.0 Å². The van der Waals surface area contributed by atoms with Crippen molar-refractivity contribution in [1.82, 2.24) is 15.2 Å². The van der Waals surface area contributed by atoms with E-state index in [1.54, 1.807) is 11.3 Å². The number of amides is 1. The first kappa shape index (κ1) is 23.0. The Hall–Kier alpha value is -3.22. The van der Waals surface area contributed by atoms with Gasteiger partial charge in [0.15, 0.2) is 0 Å². The van der Waals surface area contributed by atoms with Crippen molar-refractivity contribution in [2.75, 3.05) is 27.2 Å². The van der Waals surface area contributed by atoms with E-state index in [0.29, 0.717) is 17.9 Å². The van der Waals surface area contributed by atoms with Gasteiger partial charge in [0.25, 0.3) is 5.91 Å². The van der Waals surface area contributed by atoms with Gasteiger partial charge in [-0.25, -0.2) is 4.98 Å². The summed E-state index contributed by atoms with van der Waals surface area (Å²) in [5.74, 6) is 0.589. The summed E-state index contributed by atoms with van der Waals surface area (Å²) in [4.78, 5) is 21.3. The molecule has 0 aliphatic heterocycles. The smallest absolute Gasteiger partial charge is 0.252 e. The van der Waals surface area contributed by atoms with Crippen LogP contribution in [0.25, 0.3) is 21.5 Å². The molecule has 2 heterocycles. The molecule has 1 amide bonds. The minimum Gasteiger partial charge on any atom is -0.492 e. The fourth-order valence-corrected chi connectivity index (χ4v) is 4.43. The van der Waals surface area contributed by atoms with Crippen LogP contribution in [0.1, 0.15) is 34.5 Å². The Labute approximate surface area is 199 Å². The van der Waals surface area contributed by atoms with E-state index in [4.69, 9.17) is 9.72 Å². The molecule has 5 nitrogen and oxygen atoms in total. The summed E-state index contributed by atoms with van der Waals surface area (Å²) < 4.78 is 5.84. The van der Waals surface area contributed by atoms with E-state index in [0.717, 1.165) is 39.1 Å². The lowest BCUT2D eigenvalue weighted by Gasteiger charge is -2.19. The van der Waals surface area contributed by atoms with Crippen LogP contribution >= 0.6 is 11.3 Å². The summed E-state index contributed by atoms with van der Waals surface area (Å²) in [6.45, 7) is 5.35. The third-order valence-electron chi connectivity index (χ3n) is 5.60. The highest BCUT2D eigenvalue weighted by Gasteiger charge is 2.18. The van der Waals surface area contributed by atoms with Gasteiger partial charge in [-0.1, -0.05) is 30.3 Å². The second-order valence-electron chi connectivity index (χ2n) is 8.41. The predicted molar refractivity (Wildman–Crippen MR) is 136 cm³/mol. The summed E-state index contributed by atoms with van der Waals surface area (Å²) >= 11 is 1.66. The normalized spacial score (nSPS) is 12.2. The van der Waals surface area contributed by atoms with Crippen LogP contribution in [0.3, 0.4) is 0 Å². The van der Waals surface area contributed by atoms with Crippen molar-refractivity contribution < 1.29 is 9.53 Å². The maximum absolute atomic E-state index is 13.2. The molecule has 33 heavy (non-hydrogen) atoms. The van der Waals surface area contributed by atoms with Gasteiger partial charge in [-0.05, 0) is 74.8 Å². The number of pyridine rings is 1. The van der Waals surface area contributed by atoms with Gasteiger partial charge in [-0.3, -0.25) is 4.79 Å². The Morgan fingerprint density at radius 3 is 2.70 bits per heavy atom. The molecule has 4 aromatic rings. The van der Waals surface area contributed by atoms with Gasteiger partial charge in [-0.15, -0.1) is 11.3 Å². The first-order valence-corrected chi connectivity index (χ1v) is 11.9. The number of nitrogens with one attached hydrogen (secondary N) is 1. The molecular formula is C27H29N3O2S. The van der Waals surface area contributed by atoms with E-state index >= 15 is 0 Å². The van der Waals surface area contributed by atoms with E-state index < -0.39 is 0 Å². The largest absolute Gasteiger partial charge is 0.492 e. The predicted octanol–water partition coefficient (Wildman–Crippen LogP) is 5.70. The fourth-order valence-electron chi connectivity index (χ4n) is 3.74. The van der Waals surface area contributed by atoms with Crippen LogP contribution in [-0.4, -0.2) is 43.0 Å². The maximum Gasteiger partial charge on any atom is 0.252 e. The fraction of sp³-hybridized carbons (Fsp3) is 0.259. The van der Waals surface area contributed by atoms with Crippen molar-refractivity contribution in [2.24, 2.45) is 0 Å². The number of ether oxygens (including phenoxy) is 1. The minimum absolute atomic E-state index is 0.114. The molecule has 1 N–H and O–H groups in total. The molecule has 0 aliphatic rings. The molecule has 0 spiro atoms. The topological polar surface area (TPSA) is 54.5 Å². The third kappa shape index (κ3) is 5.41. The van der Waals surface area contributed by atoms with Crippen LogP contribution < -0.4 is 10.1 Å². The van der Waals surface area contributed by atoms with Crippen molar-refractivity contribution in [1.29, 1.82) is 0 Å². The Kier molecular flexibility index (Phi) is 7.06. The summed E-state index contributed by atoms with van der Waals surface area (Å²) in [7, 11) is 4.01. The zero-order valence-electron chi connectivity index (χ0n) is 19.5. The average Bonchev–Trinajstić information content (AvgIpc) is 3.34. The monoisotopic (exact) mass is 459 g/mol. The van der Waals surface area contributed by atoms with Gasteiger partial charge in [-0.2, -0.15) is 0 Å². The number of rotatable bonds is 8. The number of carbonyl (C=O) groups excluding carboxylic acids is 1. The molecule has 170 valence electrons. The number of hydrogen-bond acceptors (Lipinski definition) is 5. The molecule has 2 aromatic carbocycles. The number of likely N-dealkylation sites (N-methyl/N-ethyl adjacent to an activating group) is 1. The zero-order valence-corrected chi connectivity index (χ0v) is 20.3. The first-order valence-electron chi connectivity index (χ1n) is 11.0. The number of fused-ring (bicyclic) bond motifs is 1. The first-order chi connectivity index (χ1) is 15.9. The van der Waals surface area contributed by atoms with E-state index in [2.05, 4.69) is 28.4 Å². The number of carbonyl (C=O) groups is 1. The molecule has 2 aromatic heterocycles. The molecule has 6 heteroatoms. The lowest BCUT2D eigenvalue weighted by atomic mass is 10.0. The van der Waals surface area contributed by atoms with Crippen LogP contribution in [0, 0.1) is 6.92 Å². The Bertz CT molecular complexity index is 1250. The van der Waals surface area contributed by atoms with E-state index in [1.165, 1.54) is 0 Å². The lowest BCUT2D eigenvalue weighted by molar-refractivity contribution is 0.0939. The molecule has 0 aliphatic carbocycles. The molecule has 4 rings (SSSR count). The average molecular weight is 460 g/mol. The Morgan fingerprint density at radius 2 is 1.94 bits per heavy atom. The van der Waals surface area contributed by atoms with Gasteiger partial charge >= 0.3 is 0 Å². The van der Waals surface area contributed by atoms with Crippen LogP contribution in [-0.2, 0) is 0 Å². The summed E-state index contributed by atoms with van der Waals surface area (Å²) in [5, 5.41) is 6.29. The third-order valence-corrected chi connectivity index (χ3v) is 6.49. The second kappa shape index (κ2) is 10.1. The molecule has 0 saturated carbocycles. The van der Waals surface area contributed by atoms with Crippen molar-refractivity contribution >= 4 is 28.1 Å². The quantitative estimate of drug-likeness (QED) is 0.367. The van der Waals surface area contributed by atoms with Crippen molar-refractivity contribution in [3.8, 4) is 16.3 Å². The van der Waals surface area contributed by atoms with Crippen LogP contribution in [0.5, 0.6) is 5.75 Å². The Morgan fingerprint density at radius 1 is 1.12 bits per heavy atom. The highest BCUT2D eigenvalue weighted by atomic mass is 32.1. The highest BCUT2D eigenvalue weighted by molar-refractivity contribution is 7.13. The van der Waals surface area contributed by atoms with Crippen LogP contribution in [0.2, 0.25) is 0 Å². The molecule has 0 bridgehead atoms. The number of hydrogen-bond donors (Lipinski definition) is 1. The molecule has 0 radical (unpaired) electrons. The van der Waals surface area contributed by atoms with Crippen molar-refractivity contribution in [3.63, 3.8) is 0 Å². The molecule has 0 saturated heterocycles. The van der Waals surface area contributed by atoms with E-state index in [-0.39, 0.29) is 11.9 Å². The molecule has 0 unspecified atom stereocenters. The second-order valence-corrected chi connectivity index (χ2v) is 9.36. The van der Waals surface area contributed by atoms with Gasteiger partial charge in [0.1, 0.15) is 12.4 Å². The van der Waals surface area contributed by atoms with E-state index in [9.17, 15) is 4.79 Å². The summed E-state index contributed by atoms with van der Waals surface area (Å²) in [6.07, 6.45) is 0. The van der Waals surface area contributed by atoms with Gasteiger partial charge in [0, 0.05) is 17.5 Å². The molecular weight excluding hydrogens is 430 g/mol. The van der Waals surface area contributed by atoms with Crippen LogP contribution in [0.4, 0.5) is 0 Å². The zero-order chi connectivity index (χ0) is 23.4. The number of benzene rings is 2. The molecule has 1 atom stereocenters.